The molecule has 4 nitrogen and oxygen atoms in total. The van der Waals surface area contributed by atoms with E-state index in [1.165, 1.54) is 0 Å². The van der Waals surface area contributed by atoms with Gasteiger partial charge in [0.2, 0.25) is 0 Å². The zero-order valence-electron chi connectivity index (χ0n) is 15.9. The minimum absolute atomic E-state index is 0.0134. The van der Waals surface area contributed by atoms with Crippen LogP contribution in [0.15, 0.2) is 96.1 Å². The molecule has 1 heterocycles. The molecule has 0 N–H and O–H groups in total. The normalized spacial score (nSPS) is 16.8. The fraction of sp³-hybridized carbons (Fsp3) is 0.167. The second kappa shape index (κ2) is 8.09. The molecule has 0 radical (unpaired) electrons. The molecule has 28 heavy (non-hydrogen) atoms. The third-order valence-electron chi connectivity index (χ3n) is 4.97. The smallest absolute Gasteiger partial charge is 0.265 e. The van der Waals surface area contributed by atoms with Crippen molar-refractivity contribution >= 4 is 11.7 Å². The number of hydrogen-bond donors (Lipinski definition) is 0. The Hall–Kier alpha value is -3.40. The van der Waals surface area contributed by atoms with E-state index in [1.807, 2.05) is 85.8 Å². The predicted molar refractivity (Wildman–Crippen MR) is 111 cm³/mol. The molecule has 0 fully saturated rings. The molecule has 1 amide bonds. The maximum absolute atomic E-state index is 13.1. The number of hydrogen-bond acceptors (Lipinski definition) is 3. The second-order valence-electron chi connectivity index (χ2n) is 6.96. The van der Waals surface area contributed by atoms with Crippen molar-refractivity contribution in [3.8, 4) is 0 Å². The highest BCUT2D eigenvalue weighted by atomic mass is 16.2. The van der Waals surface area contributed by atoms with E-state index in [2.05, 4.69) is 17.0 Å². The van der Waals surface area contributed by atoms with Gasteiger partial charge in [-0.2, -0.15) is 5.10 Å². The third-order valence-corrected chi connectivity index (χ3v) is 4.97. The molecule has 1 aliphatic rings. The Kier molecular flexibility index (Phi) is 5.20. The number of hydrazone groups is 1. The van der Waals surface area contributed by atoms with Crippen molar-refractivity contribution in [2.24, 2.45) is 5.10 Å². The quantitative estimate of drug-likeness (QED) is 0.673. The number of carbonyl (C=O) groups excluding carboxylic acids is 1. The summed E-state index contributed by atoms with van der Waals surface area (Å²) in [6.45, 7) is 3.07. The molecule has 1 aliphatic heterocycles. The molecule has 4 rings (SSSR count). The summed E-state index contributed by atoms with van der Waals surface area (Å²) in [6.07, 6.45) is 0. The molecular formula is C24H23N3O. The van der Waals surface area contributed by atoms with E-state index in [-0.39, 0.29) is 11.9 Å². The van der Waals surface area contributed by atoms with E-state index >= 15 is 0 Å². The lowest BCUT2D eigenvalue weighted by Crippen LogP contribution is -2.53. The van der Waals surface area contributed by atoms with Crippen molar-refractivity contribution in [1.29, 1.82) is 0 Å². The highest BCUT2D eigenvalue weighted by Gasteiger charge is 2.34. The van der Waals surface area contributed by atoms with Gasteiger partial charge in [-0.1, -0.05) is 91.0 Å². The highest BCUT2D eigenvalue weighted by molar-refractivity contribution is 6.03. The SMILES string of the molecule is C[C@H]1C(=O)N(Cc2ccccc2)N=C(c2ccccc2)N1Cc1ccccc1. The van der Waals surface area contributed by atoms with Gasteiger partial charge in [0.05, 0.1) is 6.54 Å². The number of benzene rings is 3. The van der Waals surface area contributed by atoms with E-state index in [9.17, 15) is 4.79 Å². The van der Waals surface area contributed by atoms with Crippen LogP contribution in [0.4, 0.5) is 0 Å². The van der Waals surface area contributed by atoms with E-state index < -0.39 is 0 Å². The van der Waals surface area contributed by atoms with Crippen LogP contribution in [0.25, 0.3) is 0 Å². The van der Waals surface area contributed by atoms with Crippen LogP contribution in [0.3, 0.4) is 0 Å². The predicted octanol–water partition coefficient (Wildman–Crippen LogP) is 4.28. The van der Waals surface area contributed by atoms with Crippen LogP contribution >= 0.6 is 0 Å². The van der Waals surface area contributed by atoms with Gasteiger partial charge >= 0.3 is 0 Å². The van der Waals surface area contributed by atoms with Crippen molar-refractivity contribution in [2.45, 2.75) is 26.1 Å². The van der Waals surface area contributed by atoms with E-state index in [0.29, 0.717) is 13.1 Å². The van der Waals surface area contributed by atoms with Crippen LogP contribution in [-0.2, 0) is 17.9 Å². The summed E-state index contributed by atoms with van der Waals surface area (Å²) in [5.74, 6) is 0.840. The Labute approximate surface area is 165 Å². The Morgan fingerprint density at radius 3 is 1.82 bits per heavy atom. The number of rotatable bonds is 5. The van der Waals surface area contributed by atoms with Crippen molar-refractivity contribution < 1.29 is 4.79 Å². The fourth-order valence-electron chi connectivity index (χ4n) is 3.43. The second-order valence-corrected chi connectivity index (χ2v) is 6.96. The molecule has 0 unspecified atom stereocenters. The first-order chi connectivity index (χ1) is 13.7. The van der Waals surface area contributed by atoms with Crippen LogP contribution in [0.2, 0.25) is 0 Å². The first kappa shape index (κ1) is 18.0. The number of carbonyl (C=O) groups is 1. The Bertz CT molecular complexity index is 955. The summed E-state index contributed by atoms with van der Waals surface area (Å²) in [6, 6.07) is 30.0. The number of amides is 1. The third kappa shape index (κ3) is 3.81. The summed E-state index contributed by atoms with van der Waals surface area (Å²) in [4.78, 5) is 15.2. The number of amidine groups is 1. The van der Waals surface area contributed by atoms with E-state index in [4.69, 9.17) is 5.10 Å². The summed E-state index contributed by atoms with van der Waals surface area (Å²) in [5, 5.41) is 6.38. The molecule has 3 aromatic carbocycles. The van der Waals surface area contributed by atoms with Gasteiger partial charge in [-0.25, -0.2) is 5.01 Å². The molecule has 0 bridgehead atoms. The fourth-order valence-corrected chi connectivity index (χ4v) is 3.43. The molecule has 3 aromatic rings. The monoisotopic (exact) mass is 369 g/mol. The van der Waals surface area contributed by atoms with Gasteiger partial charge in [-0.15, -0.1) is 0 Å². The highest BCUT2D eigenvalue weighted by Crippen LogP contribution is 2.22. The number of nitrogens with zero attached hydrogens (tertiary/aromatic N) is 3. The van der Waals surface area contributed by atoms with Gasteiger partial charge in [0.25, 0.3) is 5.91 Å². The average Bonchev–Trinajstić information content (AvgIpc) is 2.75. The largest absolute Gasteiger partial charge is 0.339 e. The molecule has 0 saturated heterocycles. The van der Waals surface area contributed by atoms with Gasteiger partial charge < -0.3 is 4.90 Å². The standard InChI is InChI=1S/C24H23N3O/c1-19-24(28)27(18-21-13-7-3-8-14-21)25-23(22-15-9-4-10-16-22)26(19)17-20-11-5-2-6-12-20/h2-16,19H,17-18H2,1H3/t19-/m0/s1. The Balaban J connectivity index is 1.71. The average molecular weight is 369 g/mol. The Morgan fingerprint density at radius 2 is 1.25 bits per heavy atom. The summed E-state index contributed by atoms with van der Waals surface area (Å²) < 4.78 is 0. The van der Waals surface area contributed by atoms with Crippen molar-refractivity contribution in [1.82, 2.24) is 9.91 Å². The summed E-state index contributed by atoms with van der Waals surface area (Å²) in [7, 11) is 0. The van der Waals surface area contributed by atoms with Crippen LogP contribution in [-0.4, -0.2) is 27.7 Å². The zero-order valence-corrected chi connectivity index (χ0v) is 15.9. The lowest BCUT2D eigenvalue weighted by molar-refractivity contribution is -0.137. The van der Waals surface area contributed by atoms with E-state index in [1.54, 1.807) is 5.01 Å². The van der Waals surface area contributed by atoms with Gasteiger partial charge in [0.15, 0.2) is 5.84 Å². The van der Waals surface area contributed by atoms with Crippen molar-refractivity contribution in [3.63, 3.8) is 0 Å². The minimum atomic E-state index is -0.295. The first-order valence-electron chi connectivity index (χ1n) is 9.52. The van der Waals surface area contributed by atoms with E-state index in [0.717, 1.165) is 22.5 Å². The van der Waals surface area contributed by atoms with Crippen LogP contribution in [0.1, 0.15) is 23.6 Å². The molecular weight excluding hydrogens is 346 g/mol. The van der Waals surface area contributed by atoms with Crippen molar-refractivity contribution in [3.05, 3.63) is 108 Å². The Morgan fingerprint density at radius 1 is 0.750 bits per heavy atom. The topological polar surface area (TPSA) is 35.9 Å². The van der Waals surface area contributed by atoms with Gasteiger partial charge in [0, 0.05) is 12.1 Å². The molecule has 0 aromatic heterocycles. The van der Waals surface area contributed by atoms with Gasteiger partial charge in [-0.05, 0) is 18.1 Å². The first-order valence-corrected chi connectivity index (χ1v) is 9.52. The molecule has 0 aliphatic carbocycles. The van der Waals surface area contributed by atoms with Gasteiger partial charge in [-0.3, -0.25) is 4.79 Å². The van der Waals surface area contributed by atoms with Crippen molar-refractivity contribution in [2.75, 3.05) is 0 Å². The molecule has 0 spiro atoms. The molecule has 4 heteroatoms. The molecule has 1 atom stereocenters. The van der Waals surface area contributed by atoms with Crippen LogP contribution in [0.5, 0.6) is 0 Å². The maximum Gasteiger partial charge on any atom is 0.265 e. The lowest BCUT2D eigenvalue weighted by atomic mass is 10.1. The molecule has 140 valence electrons. The minimum Gasteiger partial charge on any atom is -0.339 e. The molecule has 0 saturated carbocycles. The van der Waals surface area contributed by atoms with Gasteiger partial charge in [0.1, 0.15) is 6.04 Å². The summed E-state index contributed by atoms with van der Waals surface area (Å²) in [5.41, 5.74) is 3.23. The van der Waals surface area contributed by atoms with Crippen LogP contribution < -0.4 is 0 Å². The zero-order chi connectivity index (χ0) is 19.3. The maximum atomic E-state index is 13.1. The van der Waals surface area contributed by atoms with Crippen LogP contribution in [0, 0.1) is 0 Å². The lowest BCUT2D eigenvalue weighted by Gasteiger charge is -2.38. The summed E-state index contributed by atoms with van der Waals surface area (Å²) >= 11 is 0.